The molecule has 1 amide bonds. The van der Waals surface area contributed by atoms with E-state index in [0.29, 0.717) is 5.57 Å². The largest absolute Gasteiger partial charge is 0.543 e. The van der Waals surface area contributed by atoms with Crippen LogP contribution in [0.15, 0.2) is 23.2 Å². The Labute approximate surface area is 197 Å². The molecule has 4 rings (SSSR count). The number of carboxylic acid groups (broad SMARTS) is 1. The number of nitrogens with two attached hydrogens (primary N) is 1. The summed E-state index contributed by atoms with van der Waals surface area (Å²) in [7, 11) is 0. The number of hydrogen-bond donors (Lipinski definition) is 3. The van der Waals surface area contributed by atoms with Gasteiger partial charge in [0, 0.05) is 17.2 Å². The van der Waals surface area contributed by atoms with Gasteiger partial charge in [0.25, 0.3) is 6.33 Å². The van der Waals surface area contributed by atoms with Gasteiger partial charge in [-0.05, 0) is 19.6 Å². The SMILES string of the molecule is CSc1c2sc(C3=C(C(=O)[O-])N4C(=O)[C@H]([C@@H](C)O)[C@H]4[C@H]3C)cn2c[n+]1CCCSC(=N)N. The lowest BCUT2D eigenvalue weighted by molar-refractivity contribution is -0.729. The summed E-state index contributed by atoms with van der Waals surface area (Å²) in [5.41, 5.74) is 5.91. The van der Waals surface area contributed by atoms with Crippen molar-refractivity contribution in [2.24, 2.45) is 17.6 Å². The van der Waals surface area contributed by atoms with E-state index >= 15 is 0 Å². The Hall–Kier alpha value is -2.02. The highest BCUT2D eigenvalue weighted by Crippen LogP contribution is 2.51. The molecule has 4 atom stereocenters. The van der Waals surface area contributed by atoms with Gasteiger partial charge >= 0.3 is 0 Å². The number of carboxylic acids is 1. The van der Waals surface area contributed by atoms with Gasteiger partial charge in [-0.1, -0.05) is 41.8 Å². The maximum Gasteiger partial charge on any atom is 0.250 e. The molecule has 0 bridgehead atoms. The van der Waals surface area contributed by atoms with Gasteiger partial charge in [-0.2, -0.15) is 4.40 Å². The third-order valence-corrected chi connectivity index (χ3v) is 8.92. The molecule has 2 aromatic heterocycles. The maximum atomic E-state index is 12.6. The fraction of sp³-hybridized carbons (Fsp3) is 0.500. The van der Waals surface area contributed by atoms with Crippen molar-refractivity contribution in [3.05, 3.63) is 23.1 Å². The Balaban J connectivity index is 1.67. The van der Waals surface area contributed by atoms with Crippen molar-refractivity contribution in [3.63, 3.8) is 0 Å². The summed E-state index contributed by atoms with van der Waals surface area (Å²) in [6.45, 7) is 4.25. The van der Waals surface area contributed by atoms with Gasteiger partial charge in [0.2, 0.25) is 15.8 Å². The molecule has 0 saturated carbocycles. The zero-order chi connectivity index (χ0) is 23.3. The minimum Gasteiger partial charge on any atom is -0.543 e. The number of carbonyl (C=O) groups excluding carboxylic acids is 2. The Bertz CT molecular complexity index is 1140. The number of rotatable bonds is 8. The molecule has 32 heavy (non-hydrogen) atoms. The highest BCUT2D eigenvalue weighted by molar-refractivity contribution is 8.13. The highest BCUT2D eigenvalue weighted by Gasteiger charge is 2.59. The van der Waals surface area contributed by atoms with Crippen molar-refractivity contribution in [2.45, 2.75) is 44.0 Å². The summed E-state index contributed by atoms with van der Waals surface area (Å²) in [5.74, 6) is -1.79. The van der Waals surface area contributed by atoms with Crippen LogP contribution < -0.4 is 15.4 Å². The number of amides is 1. The number of aliphatic carboxylic acids is 1. The van der Waals surface area contributed by atoms with E-state index in [0.717, 1.165) is 33.5 Å². The number of hydrogen-bond acceptors (Lipinski definition) is 8. The number of imidazole rings is 1. The van der Waals surface area contributed by atoms with Crippen LogP contribution >= 0.6 is 34.9 Å². The second-order valence-electron chi connectivity index (χ2n) is 8.00. The third-order valence-electron chi connectivity index (χ3n) is 6.03. The monoisotopic (exact) mass is 495 g/mol. The summed E-state index contributed by atoms with van der Waals surface area (Å²) >= 11 is 4.43. The molecule has 4 N–H and O–H groups in total. The highest BCUT2D eigenvalue weighted by atomic mass is 32.2. The first kappa shape index (κ1) is 23.1. The van der Waals surface area contributed by atoms with Crippen LogP contribution in [0, 0.1) is 17.2 Å². The van der Waals surface area contributed by atoms with Crippen LogP contribution in [-0.2, 0) is 16.1 Å². The van der Waals surface area contributed by atoms with Crippen LogP contribution in [0.1, 0.15) is 25.1 Å². The van der Waals surface area contributed by atoms with Crippen LogP contribution in [0.5, 0.6) is 0 Å². The number of aliphatic hydroxyl groups excluding tert-OH is 1. The van der Waals surface area contributed by atoms with Crippen molar-refractivity contribution in [3.8, 4) is 0 Å². The number of thiazole rings is 1. The van der Waals surface area contributed by atoms with Gasteiger partial charge in [0.05, 0.1) is 41.2 Å². The molecule has 2 aliphatic rings. The fourth-order valence-electron chi connectivity index (χ4n) is 4.72. The second-order valence-corrected chi connectivity index (χ2v) is 11.0. The number of carbonyl (C=O) groups is 2. The summed E-state index contributed by atoms with van der Waals surface area (Å²) in [6, 6.07) is -0.365. The number of aryl methyl sites for hydroxylation is 1. The molecule has 2 aromatic rings. The summed E-state index contributed by atoms with van der Waals surface area (Å²) in [5, 5.41) is 30.5. The summed E-state index contributed by atoms with van der Waals surface area (Å²) in [4.78, 5) is 27.7. The molecule has 1 fully saturated rings. The molecule has 12 heteroatoms. The Morgan fingerprint density at radius 3 is 2.81 bits per heavy atom. The smallest absolute Gasteiger partial charge is 0.250 e. The predicted octanol–water partition coefficient (Wildman–Crippen LogP) is 0.345. The van der Waals surface area contributed by atoms with E-state index in [2.05, 4.69) is 4.57 Å². The van der Waals surface area contributed by atoms with Crippen molar-refractivity contribution in [1.82, 2.24) is 9.30 Å². The quantitative estimate of drug-likeness (QED) is 0.120. The third kappa shape index (κ3) is 3.62. The van der Waals surface area contributed by atoms with Crippen molar-refractivity contribution >= 4 is 62.3 Å². The molecule has 9 nitrogen and oxygen atoms in total. The molecule has 172 valence electrons. The maximum absolute atomic E-state index is 12.6. The molecule has 4 heterocycles. The normalized spacial score (nSPS) is 23.6. The van der Waals surface area contributed by atoms with E-state index in [1.165, 1.54) is 28.0 Å². The van der Waals surface area contributed by atoms with E-state index in [1.54, 1.807) is 18.7 Å². The molecule has 0 spiro atoms. The predicted molar refractivity (Wildman–Crippen MR) is 123 cm³/mol. The molecule has 0 aliphatic carbocycles. The average molecular weight is 496 g/mol. The van der Waals surface area contributed by atoms with E-state index in [-0.39, 0.29) is 28.7 Å². The fourth-order valence-corrected chi connectivity index (χ4v) is 7.42. The van der Waals surface area contributed by atoms with E-state index in [4.69, 9.17) is 11.1 Å². The first-order valence-corrected chi connectivity index (χ1v) is 13.2. The van der Waals surface area contributed by atoms with Crippen LogP contribution in [0.4, 0.5) is 0 Å². The lowest BCUT2D eigenvalue weighted by Gasteiger charge is -2.47. The number of amidine groups is 1. The molecule has 2 aliphatic heterocycles. The molecule has 1 saturated heterocycles. The average Bonchev–Trinajstić information content (AvgIpc) is 3.32. The summed E-state index contributed by atoms with van der Waals surface area (Å²) < 4.78 is 4.13. The first-order valence-electron chi connectivity index (χ1n) is 10.2. The number of fused-ring (bicyclic) bond motifs is 2. The van der Waals surface area contributed by atoms with Gasteiger partial charge < -0.3 is 25.6 Å². The van der Waals surface area contributed by atoms with Crippen molar-refractivity contribution in [1.29, 1.82) is 5.41 Å². The topological polar surface area (TPSA) is 139 Å². The van der Waals surface area contributed by atoms with E-state index in [1.807, 2.05) is 30.1 Å². The lowest BCUT2D eigenvalue weighted by atomic mass is 9.77. The van der Waals surface area contributed by atoms with Crippen LogP contribution in [0.25, 0.3) is 10.4 Å². The minimum atomic E-state index is -1.37. The molecule has 0 radical (unpaired) electrons. The Morgan fingerprint density at radius 2 is 2.22 bits per heavy atom. The van der Waals surface area contributed by atoms with Gasteiger partial charge in [0.15, 0.2) is 5.17 Å². The van der Waals surface area contributed by atoms with Crippen molar-refractivity contribution < 1.29 is 24.4 Å². The summed E-state index contributed by atoms with van der Waals surface area (Å²) in [6.07, 6.45) is 5.91. The number of thioether (sulfide) groups is 2. The number of aliphatic hydroxyl groups is 1. The number of aromatic nitrogens is 2. The van der Waals surface area contributed by atoms with Gasteiger partial charge in [-0.25, -0.2) is 4.57 Å². The Morgan fingerprint density at radius 1 is 1.50 bits per heavy atom. The molecule has 0 unspecified atom stereocenters. The number of β-lactam (4-membered cyclic amide) rings is 1. The van der Waals surface area contributed by atoms with Gasteiger partial charge in [-0.15, -0.1) is 0 Å². The minimum absolute atomic E-state index is 0.0752. The molecular formula is C20H25N5O4S3. The van der Waals surface area contributed by atoms with Crippen LogP contribution in [0.2, 0.25) is 0 Å². The standard InChI is InChI=1S/C20H25N5O4S3/c1-9-12(15(19(28)29)25-14(9)13(10(2)26)16(25)27)11-7-24-8-23(5-4-6-31-20(21)22)17(30-3)18(24)32-11/h7-10,13-14,26H,4-6H2,1-3H3,(H3-,21,22,28,29)/t9-,10+,13+,14+/m0/s1. The Kier molecular flexibility index (Phi) is 6.31. The zero-order valence-electron chi connectivity index (χ0n) is 17.9. The zero-order valence-corrected chi connectivity index (χ0v) is 20.4. The van der Waals surface area contributed by atoms with Crippen LogP contribution in [0.3, 0.4) is 0 Å². The first-order chi connectivity index (χ1) is 15.2. The van der Waals surface area contributed by atoms with Gasteiger partial charge in [-0.3, -0.25) is 10.2 Å². The second kappa shape index (κ2) is 8.73. The van der Waals surface area contributed by atoms with E-state index in [9.17, 15) is 19.8 Å². The number of nitrogens with zero attached hydrogens (tertiary/aromatic N) is 3. The van der Waals surface area contributed by atoms with Crippen LogP contribution in [-0.4, -0.2) is 55.6 Å². The van der Waals surface area contributed by atoms with Crippen molar-refractivity contribution in [2.75, 3.05) is 12.0 Å². The van der Waals surface area contributed by atoms with E-state index < -0.39 is 18.0 Å². The number of nitrogens with one attached hydrogen (secondary N) is 1. The molecule has 0 aromatic carbocycles. The van der Waals surface area contributed by atoms with Gasteiger partial charge in [0.1, 0.15) is 6.20 Å². The molecular weight excluding hydrogens is 470 g/mol. The lowest BCUT2D eigenvalue weighted by Crippen LogP contribution is -2.64.